The van der Waals surface area contributed by atoms with E-state index in [9.17, 15) is 4.79 Å². The maximum atomic E-state index is 10.9. The number of aldehydes is 1. The summed E-state index contributed by atoms with van der Waals surface area (Å²) in [7, 11) is 0. The van der Waals surface area contributed by atoms with E-state index in [1.54, 1.807) is 42.5 Å². The fourth-order valence-electron chi connectivity index (χ4n) is 1.34. The molecular weight excluding hydrogens is 259 g/mol. The Hall–Kier alpha value is -1.51. The molecule has 0 amide bonds. The molecule has 0 unspecified atom stereocenters. The summed E-state index contributed by atoms with van der Waals surface area (Å²) in [5, 5.41) is 0.974. The summed E-state index contributed by atoms with van der Waals surface area (Å²) in [6.07, 6.45) is 0.711. The molecule has 0 N–H and O–H groups in total. The fraction of sp³-hybridized carbons (Fsp3) is 0. The zero-order valence-electron chi connectivity index (χ0n) is 8.69. The number of ether oxygens (including phenoxy) is 1. The summed E-state index contributed by atoms with van der Waals surface area (Å²) in [6, 6.07) is 11.8. The van der Waals surface area contributed by atoms with Crippen molar-refractivity contribution < 1.29 is 9.53 Å². The van der Waals surface area contributed by atoms with Crippen molar-refractivity contribution in [1.29, 1.82) is 0 Å². The summed E-state index contributed by atoms with van der Waals surface area (Å²) in [6.45, 7) is 0. The molecule has 4 heteroatoms. The minimum atomic E-state index is 0.389. The lowest BCUT2D eigenvalue weighted by Crippen LogP contribution is -1.90. The van der Waals surface area contributed by atoms with Crippen LogP contribution in [0.2, 0.25) is 10.0 Å². The second-order valence-electron chi connectivity index (χ2n) is 3.33. The van der Waals surface area contributed by atoms with Gasteiger partial charge in [0.15, 0.2) is 6.29 Å². The van der Waals surface area contributed by atoms with Crippen molar-refractivity contribution in [2.24, 2.45) is 0 Å². The fourth-order valence-corrected chi connectivity index (χ4v) is 1.68. The van der Waals surface area contributed by atoms with E-state index in [4.69, 9.17) is 27.9 Å². The van der Waals surface area contributed by atoms with Crippen LogP contribution < -0.4 is 4.74 Å². The molecule has 2 rings (SSSR count). The Balaban J connectivity index is 2.39. The highest BCUT2D eigenvalue weighted by molar-refractivity contribution is 6.32. The molecule has 2 aromatic rings. The Morgan fingerprint density at radius 1 is 1.00 bits per heavy atom. The molecule has 0 saturated heterocycles. The quantitative estimate of drug-likeness (QED) is 0.760. The predicted octanol–water partition coefficient (Wildman–Crippen LogP) is 4.60. The molecule has 0 fully saturated rings. The van der Waals surface area contributed by atoms with Gasteiger partial charge >= 0.3 is 0 Å². The normalized spacial score (nSPS) is 10.0. The Labute approximate surface area is 109 Å². The van der Waals surface area contributed by atoms with E-state index in [0.29, 0.717) is 33.4 Å². The van der Waals surface area contributed by atoms with Gasteiger partial charge in [0.2, 0.25) is 0 Å². The van der Waals surface area contributed by atoms with Gasteiger partial charge in [-0.1, -0.05) is 35.3 Å². The van der Waals surface area contributed by atoms with E-state index < -0.39 is 0 Å². The van der Waals surface area contributed by atoms with E-state index in [1.165, 1.54) is 0 Å². The van der Waals surface area contributed by atoms with E-state index in [2.05, 4.69) is 0 Å². The largest absolute Gasteiger partial charge is 0.455 e. The number of para-hydroxylation sites is 1. The van der Waals surface area contributed by atoms with Crippen LogP contribution in [0.4, 0.5) is 0 Å². The van der Waals surface area contributed by atoms with Gasteiger partial charge in [0.1, 0.15) is 11.5 Å². The first-order chi connectivity index (χ1) is 8.20. The van der Waals surface area contributed by atoms with Crippen molar-refractivity contribution in [2.45, 2.75) is 0 Å². The lowest BCUT2D eigenvalue weighted by Gasteiger charge is -2.09. The highest BCUT2D eigenvalue weighted by Crippen LogP contribution is 2.31. The molecule has 2 nitrogen and oxygen atoms in total. The average molecular weight is 267 g/mol. The van der Waals surface area contributed by atoms with Crippen LogP contribution >= 0.6 is 23.2 Å². The first-order valence-corrected chi connectivity index (χ1v) is 5.63. The van der Waals surface area contributed by atoms with E-state index >= 15 is 0 Å². The highest BCUT2D eigenvalue weighted by Gasteiger charge is 2.07. The molecular formula is C13H8Cl2O2. The van der Waals surface area contributed by atoms with Crippen LogP contribution in [-0.2, 0) is 0 Å². The first-order valence-electron chi connectivity index (χ1n) is 4.88. The van der Waals surface area contributed by atoms with Crippen molar-refractivity contribution in [3.05, 3.63) is 58.1 Å². The van der Waals surface area contributed by atoms with Crippen LogP contribution in [0.3, 0.4) is 0 Å². The molecule has 0 bridgehead atoms. The molecule has 0 heterocycles. The number of benzene rings is 2. The second kappa shape index (κ2) is 5.21. The summed E-state index contributed by atoms with van der Waals surface area (Å²) in [5.41, 5.74) is 0.425. The molecule has 0 atom stereocenters. The molecule has 86 valence electrons. The zero-order chi connectivity index (χ0) is 12.3. The summed E-state index contributed by atoms with van der Waals surface area (Å²) < 4.78 is 5.56. The Bertz CT molecular complexity index is 553. The zero-order valence-corrected chi connectivity index (χ0v) is 10.2. The third-order valence-corrected chi connectivity index (χ3v) is 2.71. The predicted molar refractivity (Wildman–Crippen MR) is 68.4 cm³/mol. The molecule has 0 aliphatic carbocycles. The summed E-state index contributed by atoms with van der Waals surface area (Å²) in [5.74, 6) is 0.875. The molecule has 0 saturated carbocycles. The average Bonchev–Trinajstić information content (AvgIpc) is 2.32. The van der Waals surface area contributed by atoms with Crippen molar-refractivity contribution in [2.75, 3.05) is 0 Å². The van der Waals surface area contributed by atoms with Crippen LogP contribution in [0.1, 0.15) is 10.4 Å². The number of carbonyl (C=O) groups is 1. The number of hydrogen-bond donors (Lipinski definition) is 0. The molecule has 0 aliphatic heterocycles. The molecule has 0 aromatic heterocycles. The van der Waals surface area contributed by atoms with Crippen molar-refractivity contribution >= 4 is 29.5 Å². The van der Waals surface area contributed by atoms with E-state index in [-0.39, 0.29) is 0 Å². The van der Waals surface area contributed by atoms with Gasteiger partial charge in [-0.2, -0.15) is 0 Å². The van der Waals surface area contributed by atoms with Gasteiger partial charge in [0.05, 0.1) is 10.6 Å². The van der Waals surface area contributed by atoms with Gasteiger partial charge in [-0.15, -0.1) is 0 Å². The molecule has 0 aliphatic rings. The Morgan fingerprint density at radius 3 is 2.47 bits per heavy atom. The van der Waals surface area contributed by atoms with Gasteiger partial charge < -0.3 is 4.74 Å². The third kappa shape index (κ3) is 2.78. The molecule has 0 spiro atoms. The van der Waals surface area contributed by atoms with Gasteiger partial charge in [-0.3, -0.25) is 4.79 Å². The van der Waals surface area contributed by atoms with Crippen LogP contribution in [0.15, 0.2) is 42.5 Å². The minimum absolute atomic E-state index is 0.389. The lowest BCUT2D eigenvalue weighted by atomic mass is 10.2. The lowest BCUT2D eigenvalue weighted by molar-refractivity contribution is 0.112. The SMILES string of the molecule is O=Cc1ccc(Cl)cc1Oc1ccccc1Cl. The number of rotatable bonds is 3. The highest BCUT2D eigenvalue weighted by atomic mass is 35.5. The summed E-state index contributed by atoms with van der Waals surface area (Å²) in [4.78, 5) is 10.9. The van der Waals surface area contributed by atoms with Gasteiger partial charge in [-0.05, 0) is 24.3 Å². The first kappa shape index (κ1) is 12.0. The van der Waals surface area contributed by atoms with Crippen LogP contribution in [0, 0.1) is 0 Å². The second-order valence-corrected chi connectivity index (χ2v) is 4.18. The maximum absolute atomic E-state index is 10.9. The van der Waals surface area contributed by atoms with Crippen molar-refractivity contribution in [3.63, 3.8) is 0 Å². The molecule has 0 radical (unpaired) electrons. The van der Waals surface area contributed by atoms with E-state index in [1.807, 2.05) is 0 Å². The molecule has 2 aromatic carbocycles. The van der Waals surface area contributed by atoms with Gasteiger partial charge in [0.25, 0.3) is 0 Å². The number of halogens is 2. The van der Waals surface area contributed by atoms with Crippen LogP contribution in [0.5, 0.6) is 11.5 Å². The number of carbonyl (C=O) groups excluding carboxylic acids is 1. The van der Waals surface area contributed by atoms with Crippen LogP contribution in [-0.4, -0.2) is 6.29 Å². The van der Waals surface area contributed by atoms with Gasteiger partial charge in [-0.25, -0.2) is 0 Å². The Morgan fingerprint density at radius 2 is 1.76 bits per heavy atom. The topological polar surface area (TPSA) is 26.3 Å². The monoisotopic (exact) mass is 266 g/mol. The van der Waals surface area contributed by atoms with E-state index in [0.717, 1.165) is 0 Å². The van der Waals surface area contributed by atoms with Crippen molar-refractivity contribution in [1.82, 2.24) is 0 Å². The Kier molecular flexibility index (Phi) is 3.67. The summed E-state index contributed by atoms with van der Waals surface area (Å²) >= 11 is 11.8. The van der Waals surface area contributed by atoms with Crippen molar-refractivity contribution in [3.8, 4) is 11.5 Å². The smallest absolute Gasteiger partial charge is 0.153 e. The maximum Gasteiger partial charge on any atom is 0.153 e. The third-order valence-electron chi connectivity index (χ3n) is 2.16. The minimum Gasteiger partial charge on any atom is -0.455 e. The molecule has 17 heavy (non-hydrogen) atoms. The van der Waals surface area contributed by atoms with Crippen LogP contribution in [0.25, 0.3) is 0 Å². The number of hydrogen-bond acceptors (Lipinski definition) is 2. The standard InChI is InChI=1S/C13H8Cl2O2/c14-10-6-5-9(8-16)13(7-10)17-12-4-2-1-3-11(12)15/h1-8H. The van der Waals surface area contributed by atoms with Gasteiger partial charge in [0, 0.05) is 11.1 Å².